The van der Waals surface area contributed by atoms with Crippen LogP contribution in [0.4, 0.5) is 0 Å². The molecule has 2 N–H and O–H groups in total. The summed E-state index contributed by atoms with van der Waals surface area (Å²) in [5.41, 5.74) is 3.07. The van der Waals surface area contributed by atoms with Crippen LogP contribution < -0.4 is 5.32 Å². The molecule has 2 aliphatic carbocycles. The Kier molecular flexibility index (Phi) is 4.74. The maximum Gasteiger partial charge on any atom is 0.0693 e. The summed E-state index contributed by atoms with van der Waals surface area (Å²) in [6.45, 7) is 1.03. The number of aryl methyl sites for hydroxylation is 1. The van der Waals surface area contributed by atoms with Crippen LogP contribution in [0.25, 0.3) is 0 Å². The van der Waals surface area contributed by atoms with Crippen LogP contribution in [0.2, 0.25) is 0 Å². The second-order valence-electron chi connectivity index (χ2n) is 6.51. The number of aliphatic hydroxyl groups excluding tert-OH is 1. The summed E-state index contributed by atoms with van der Waals surface area (Å²) in [5, 5.41) is 13.9. The van der Waals surface area contributed by atoms with E-state index >= 15 is 0 Å². The van der Waals surface area contributed by atoms with Gasteiger partial charge in [0.2, 0.25) is 0 Å². The van der Waals surface area contributed by atoms with Crippen LogP contribution in [0.3, 0.4) is 0 Å². The van der Waals surface area contributed by atoms with Gasteiger partial charge in [0.15, 0.2) is 0 Å². The van der Waals surface area contributed by atoms with Crippen molar-refractivity contribution >= 4 is 0 Å². The van der Waals surface area contributed by atoms with E-state index in [-0.39, 0.29) is 6.10 Å². The molecule has 1 aromatic rings. The molecule has 2 heteroatoms. The molecule has 0 aromatic heterocycles. The largest absolute Gasteiger partial charge is 0.392 e. The van der Waals surface area contributed by atoms with Crippen LogP contribution in [0, 0.1) is 0 Å². The molecule has 0 bridgehead atoms. The third-order valence-electron chi connectivity index (χ3n) is 5.10. The molecular weight excluding hydrogens is 246 g/mol. The minimum Gasteiger partial charge on any atom is -0.392 e. The van der Waals surface area contributed by atoms with Crippen LogP contribution in [-0.4, -0.2) is 23.8 Å². The Hall–Kier alpha value is -0.860. The first-order chi connectivity index (χ1) is 9.84. The molecule has 0 saturated heterocycles. The first kappa shape index (κ1) is 14.1. The highest BCUT2D eigenvalue weighted by atomic mass is 16.3. The summed E-state index contributed by atoms with van der Waals surface area (Å²) in [6.07, 6.45) is 9.51. The molecule has 0 amide bonds. The molecule has 0 aliphatic heterocycles. The fraction of sp³-hybridized carbons (Fsp3) is 0.667. The number of nitrogens with one attached hydrogen (secondary N) is 1. The summed E-state index contributed by atoms with van der Waals surface area (Å²) in [4.78, 5) is 0. The van der Waals surface area contributed by atoms with Crippen molar-refractivity contribution in [1.82, 2.24) is 5.32 Å². The van der Waals surface area contributed by atoms with Crippen molar-refractivity contribution in [2.45, 2.75) is 69.4 Å². The van der Waals surface area contributed by atoms with E-state index in [9.17, 15) is 5.11 Å². The third-order valence-corrected chi connectivity index (χ3v) is 5.10. The molecule has 0 spiro atoms. The van der Waals surface area contributed by atoms with Gasteiger partial charge in [-0.05, 0) is 49.1 Å². The first-order valence-electron chi connectivity index (χ1n) is 8.34. The highest BCUT2D eigenvalue weighted by Gasteiger charge is 2.24. The molecule has 1 fully saturated rings. The topological polar surface area (TPSA) is 32.3 Å². The molecule has 20 heavy (non-hydrogen) atoms. The minimum atomic E-state index is -0.142. The predicted molar refractivity (Wildman–Crippen MR) is 83.0 cm³/mol. The van der Waals surface area contributed by atoms with Gasteiger partial charge in [0.05, 0.1) is 6.10 Å². The monoisotopic (exact) mass is 273 g/mol. The van der Waals surface area contributed by atoms with Gasteiger partial charge in [-0.15, -0.1) is 0 Å². The molecule has 3 atom stereocenters. The number of aliphatic hydroxyl groups is 1. The zero-order valence-corrected chi connectivity index (χ0v) is 12.4. The van der Waals surface area contributed by atoms with Gasteiger partial charge in [-0.3, -0.25) is 0 Å². The Bertz CT molecular complexity index is 431. The fourth-order valence-electron chi connectivity index (χ4n) is 3.89. The van der Waals surface area contributed by atoms with Gasteiger partial charge in [0.25, 0.3) is 0 Å². The quantitative estimate of drug-likeness (QED) is 0.827. The second kappa shape index (κ2) is 6.73. The van der Waals surface area contributed by atoms with Crippen molar-refractivity contribution in [3.8, 4) is 0 Å². The lowest BCUT2D eigenvalue weighted by Crippen LogP contribution is -2.41. The van der Waals surface area contributed by atoms with E-state index in [4.69, 9.17) is 0 Å². The molecule has 0 heterocycles. The van der Waals surface area contributed by atoms with Gasteiger partial charge in [0.1, 0.15) is 0 Å². The highest BCUT2D eigenvalue weighted by Crippen LogP contribution is 2.31. The zero-order valence-electron chi connectivity index (χ0n) is 12.4. The van der Waals surface area contributed by atoms with Crippen molar-refractivity contribution in [2.75, 3.05) is 6.54 Å². The van der Waals surface area contributed by atoms with Crippen molar-refractivity contribution < 1.29 is 5.11 Å². The van der Waals surface area contributed by atoms with Crippen molar-refractivity contribution in [3.05, 3.63) is 35.4 Å². The number of fused-ring (bicyclic) bond motifs is 1. The van der Waals surface area contributed by atoms with E-state index in [1.54, 1.807) is 0 Å². The highest BCUT2D eigenvalue weighted by molar-refractivity contribution is 5.32. The molecule has 3 rings (SSSR count). The molecule has 3 unspecified atom stereocenters. The predicted octanol–water partition coefficient (Wildman–Crippen LogP) is 3.39. The van der Waals surface area contributed by atoms with Crippen molar-refractivity contribution in [3.63, 3.8) is 0 Å². The molecular formula is C18H27NO. The summed E-state index contributed by atoms with van der Waals surface area (Å²) in [5.74, 6) is 0.635. The average molecular weight is 273 g/mol. The van der Waals surface area contributed by atoms with Crippen LogP contribution in [0.5, 0.6) is 0 Å². The van der Waals surface area contributed by atoms with E-state index in [1.807, 2.05) is 0 Å². The van der Waals surface area contributed by atoms with Crippen molar-refractivity contribution in [1.29, 1.82) is 0 Å². The lowest BCUT2D eigenvalue weighted by Gasteiger charge is -2.29. The Morgan fingerprint density at radius 2 is 1.85 bits per heavy atom. The summed E-state index contributed by atoms with van der Waals surface area (Å²) < 4.78 is 0. The lowest BCUT2D eigenvalue weighted by atomic mass is 9.82. The molecule has 1 saturated carbocycles. The number of hydrogen-bond acceptors (Lipinski definition) is 2. The van der Waals surface area contributed by atoms with Crippen LogP contribution in [0.1, 0.15) is 62.0 Å². The maximum atomic E-state index is 10.2. The van der Waals surface area contributed by atoms with Gasteiger partial charge >= 0.3 is 0 Å². The van der Waals surface area contributed by atoms with Gasteiger partial charge in [-0.2, -0.15) is 0 Å². The summed E-state index contributed by atoms with van der Waals surface area (Å²) in [7, 11) is 0. The normalized spacial score (nSPS) is 30.6. The van der Waals surface area contributed by atoms with Gasteiger partial charge in [0, 0.05) is 12.6 Å². The standard InChI is InChI=1S/C18H27NO/c20-18-12-3-1-2-11-17(18)19-13-15-9-6-8-14-7-4-5-10-16(14)15/h4-5,7,10,15,17-20H,1-3,6,8-9,11-13H2. The van der Waals surface area contributed by atoms with E-state index < -0.39 is 0 Å². The Morgan fingerprint density at radius 3 is 2.80 bits per heavy atom. The minimum absolute atomic E-state index is 0.142. The third kappa shape index (κ3) is 3.24. The van der Waals surface area contributed by atoms with Gasteiger partial charge < -0.3 is 10.4 Å². The van der Waals surface area contributed by atoms with Gasteiger partial charge in [-0.1, -0.05) is 43.5 Å². The fourth-order valence-corrected chi connectivity index (χ4v) is 3.89. The smallest absolute Gasteiger partial charge is 0.0693 e. The Labute approximate surface area is 122 Å². The molecule has 2 nitrogen and oxygen atoms in total. The van der Waals surface area contributed by atoms with Crippen LogP contribution in [0.15, 0.2) is 24.3 Å². The van der Waals surface area contributed by atoms with E-state index in [1.165, 1.54) is 49.7 Å². The maximum absolute atomic E-state index is 10.2. The van der Waals surface area contributed by atoms with E-state index in [0.29, 0.717) is 12.0 Å². The Balaban J connectivity index is 1.61. The second-order valence-corrected chi connectivity index (χ2v) is 6.51. The molecule has 110 valence electrons. The summed E-state index contributed by atoms with van der Waals surface area (Å²) >= 11 is 0. The van der Waals surface area contributed by atoms with Crippen molar-refractivity contribution in [2.24, 2.45) is 0 Å². The number of hydrogen-bond donors (Lipinski definition) is 2. The molecule has 0 radical (unpaired) electrons. The zero-order chi connectivity index (χ0) is 13.8. The average Bonchev–Trinajstić information content (AvgIpc) is 2.69. The van der Waals surface area contributed by atoms with Gasteiger partial charge in [-0.25, -0.2) is 0 Å². The summed E-state index contributed by atoms with van der Waals surface area (Å²) in [6, 6.07) is 9.21. The SMILES string of the molecule is OC1CCCCCC1NCC1CCCc2ccccc21. The first-order valence-corrected chi connectivity index (χ1v) is 8.34. The molecule has 1 aromatic carbocycles. The van der Waals surface area contributed by atoms with Crippen LogP contribution in [-0.2, 0) is 6.42 Å². The number of benzene rings is 1. The molecule has 2 aliphatic rings. The Morgan fingerprint density at radius 1 is 1.00 bits per heavy atom. The lowest BCUT2D eigenvalue weighted by molar-refractivity contribution is 0.119. The van der Waals surface area contributed by atoms with E-state index in [0.717, 1.165) is 19.4 Å². The van der Waals surface area contributed by atoms with Crippen LogP contribution >= 0.6 is 0 Å². The number of rotatable bonds is 3. The van der Waals surface area contributed by atoms with E-state index in [2.05, 4.69) is 29.6 Å².